The minimum absolute atomic E-state index is 0.105. The van der Waals surface area contributed by atoms with Gasteiger partial charge in [0, 0.05) is 37.3 Å². The normalized spacial score (nSPS) is 17.0. The summed E-state index contributed by atoms with van der Waals surface area (Å²) in [5.74, 6) is 0.905. The third-order valence-corrected chi connectivity index (χ3v) is 5.05. The molecule has 5 nitrogen and oxygen atoms in total. The highest BCUT2D eigenvalue weighted by Crippen LogP contribution is 2.22. The molecule has 0 radical (unpaired) electrons. The van der Waals surface area contributed by atoms with Gasteiger partial charge in [0.15, 0.2) is 0 Å². The molecule has 1 atom stereocenters. The fourth-order valence-corrected chi connectivity index (χ4v) is 3.72. The average molecular weight is 352 g/mol. The number of aromatic nitrogens is 1. The van der Waals surface area contributed by atoms with Crippen molar-refractivity contribution in [2.75, 3.05) is 13.2 Å². The van der Waals surface area contributed by atoms with E-state index in [0.717, 1.165) is 41.7 Å². The fraction of sp³-hybridized carbons (Fsp3) is 0.381. The van der Waals surface area contributed by atoms with E-state index in [2.05, 4.69) is 22.9 Å². The van der Waals surface area contributed by atoms with Gasteiger partial charge in [-0.2, -0.15) is 0 Å². The molecule has 0 aliphatic carbocycles. The van der Waals surface area contributed by atoms with E-state index in [9.17, 15) is 4.79 Å². The van der Waals surface area contributed by atoms with Crippen LogP contribution in [0.15, 0.2) is 53.3 Å². The summed E-state index contributed by atoms with van der Waals surface area (Å²) in [6.07, 6.45) is 6.29. The Balaban J connectivity index is 1.54. The van der Waals surface area contributed by atoms with Crippen LogP contribution in [-0.4, -0.2) is 34.6 Å². The van der Waals surface area contributed by atoms with E-state index in [4.69, 9.17) is 9.15 Å². The number of fused-ring (bicyclic) bond motifs is 1. The van der Waals surface area contributed by atoms with E-state index in [1.165, 1.54) is 0 Å². The molecule has 136 valence electrons. The summed E-state index contributed by atoms with van der Waals surface area (Å²) in [5.41, 5.74) is 2.21. The molecule has 1 amide bonds. The number of rotatable bonds is 6. The fourth-order valence-electron chi connectivity index (χ4n) is 3.72. The number of hydrogen-bond donors (Lipinski definition) is 0. The van der Waals surface area contributed by atoms with Crippen LogP contribution in [-0.2, 0) is 29.5 Å². The standard InChI is InChI=1S/C21H24N2O3/c1-22-13-16(19-8-2-3-9-20(19)22)12-21(24)23(14-17-6-4-10-25-17)15-18-7-5-11-26-18/h2-4,6,8-10,13,18H,5,7,11-12,14-15H2,1H3. The number of ether oxygens (including phenoxy) is 1. The third kappa shape index (κ3) is 3.53. The summed E-state index contributed by atoms with van der Waals surface area (Å²) in [5, 5.41) is 1.14. The largest absolute Gasteiger partial charge is 0.467 e. The smallest absolute Gasteiger partial charge is 0.227 e. The highest BCUT2D eigenvalue weighted by atomic mass is 16.5. The van der Waals surface area contributed by atoms with E-state index in [1.54, 1.807) is 6.26 Å². The number of carbonyl (C=O) groups excluding carboxylic acids is 1. The van der Waals surface area contributed by atoms with Crippen LogP contribution in [0.25, 0.3) is 10.9 Å². The maximum Gasteiger partial charge on any atom is 0.227 e. The first-order chi connectivity index (χ1) is 12.7. The van der Waals surface area contributed by atoms with Crippen molar-refractivity contribution in [3.8, 4) is 0 Å². The molecular formula is C21H24N2O3. The van der Waals surface area contributed by atoms with Crippen molar-refractivity contribution < 1.29 is 13.9 Å². The number of hydrogen-bond acceptors (Lipinski definition) is 3. The summed E-state index contributed by atoms with van der Waals surface area (Å²) < 4.78 is 13.3. The molecule has 1 aliphatic rings. The molecule has 0 bridgehead atoms. The molecule has 4 rings (SSSR count). The highest BCUT2D eigenvalue weighted by molar-refractivity contribution is 5.89. The van der Waals surface area contributed by atoms with Crippen molar-refractivity contribution in [3.05, 3.63) is 60.2 Å². The maximum atomic E-state index is 13.1. The molecule has 0 N–H and O–H groups in total. The number of carbonyl (C=O) groups is 1. The van der Waals surface area contributed by atoms with Crippen molar-refractivity contribution in [2.45, 2.75) is 31.9 Å². The molecule has 3 heterocycles. The Morgan fingerprint density at radius 3 is 2.92 bits per heavy atom. The maximum absolute atomic E-state index is 13.1. The first-order valence-electron chi connectivity index (χ1n) is 9.15. The topological polar surface area (TPSA) is 47.6 Å². The lowest BCUT2D eigenvalue weighted by Gasteiger charge is -2.24. The second-order valence-electron chi connectivity index (χ2n) is 6.95. The number of benzene rings is 1. The third-order valence-electron chi connectivity index (χ3n) is 5.05. The first-order valence-corrected chi connectivity index (χ1v) is 9.15. The van der Waals surface area contributed by atoms with E-state index in [-0.39, 0.29) is 12.0 Å². The first kappa shape index (κ1) is 16.9. The highest BCUT2D eigenvalue weighted by Gasteiger charge is 2.24. The van der Waals surface area contributed by atoms with Gasteiger partial charge in [-0.3, -0.25) is 4.79 Å². The summed E-state index contributed by atoms with van der Waals surface area (Å²) in [6.45, 7) is 1.89. The predicted molar refractivity (Wildman–Crippen MR) is 99.7 cm³/mol. The average Bonchev–Trinajstić information content (AvgIpc) is 3.38. The minimum Gasteiger partial charge on any atom is -0.467 e. The zero-order valence-corrected chi connectivity index (χ0v) is 15.1. The van der Waals surface area contributed by atoms with Crippen LogP contribution in [0.2, 0.25) is 0 Å². The van der Waals surface area contributed by atoms with Crippen LogP contribution in [0.5, 0.6) is 0 Å². The van der Waals surface area contributed by atoms with Crippen LogP contribution >= 0.6 is 0 Å². The van der Waals surface area contributed by atoms with Gasteiger partial charge in [0.2, 0.25) is 5.91 Å². The van der Waals surface area contributed by atoms with E-state index >= 15 is 0 Å². The lowest BCUT2D eigenvalue weighted by atomic mass is 10.1. The monoisotopic (exact) mass is 352 g/mol. The SMILES string of the molecule is Cn1cc(CC(=O)N(Cc2ccco2)CC2CCCO2)c2ccccc21. The van der Waals surface area contributed by atoms with Gasteiger partial charge < -0.3 is 18.6 Å². The van der Waals surface area contributed by atoms with Crippen LogP contribution < -0.4 is 0 Å². The van der Waals surface area contributed by atoms with Gasteiger partial charge in [-0.15, -0.1) is 0 Å². The Kier molecular flexibility index (Phi) is 4.80. The van der Waals surface area contributed by atoms with Crippen molar-refractivity contribution in [2.24, 2.45) is 7.05 Å². The molecule has 1 unspecified atom stereocenters. The van der Waals surface area contributed by atoms with Gasteiger partial charge in [-0.1, -0.05) is 18.2 Å². The molecule has 1 aliphatic heterocycles. The molecule has 1 aromatic carbocycles. The molecule has 0 spiro atoms. The van der Waals surface area contributed by atoms with Crippen LogP contribution in [0.4, 0.5) is 0 Å². The quantitative estimate of drug-likeness (QED) is 0.682. The molecule has 1 saturated heterocycles. The zero-order chi connectivity index (χ0) is 17.9. The molecule has 2 aromatic heterocycles. The molecule has 5 heteroatoms. The summed E-state index contributed by atoms with van der Waals surface area (Å²) in [7, 11) is 2.02. The molecule has 0 saturated carbocycles. The minimum atomic E-state index is 0.105. The van der Waals surface area contributed by atoms with Gasteiger partial charge in [0.1, 0.15) is 5.76 Å². The number of nitrogens with zero attached hydrogens (tertiary/aromatic N) is 2. The number of para-hydroxylation sites is 1. The van der Waals surface area contributed by atoms with Crippen LogP contribution in [0.3, 0.4) is 0 Å². The van der Waals surface area contributed by atoms with Gasteiger partial charge in [0.25, 0.3) is 0 Å². The number of aryl methyl sites for hydroxylation is 1. The van der Waals surface area contributed by atoms with Crippen LogP contribution in [0, 0.1) is 0 Å². The Morgan fingerprint density at radius 1 is 1.27 bits per heavy atom. The molecular weight excluding hydrogens is 328 g/mol. The Labute approximate surface area is 153 Å². The lowest BCUT2D eigenvalue weighted by Crippen LogP contribution is -2.37. The van der Waals surface area contributed by atoms with Gasteiger partial charge >= 0.3 is 0 Å². The van der Waals surface area contributed by atoms with Crippen molar-refractivity contribution >= 4 is 16.8 Å². The van der Waals surface area contributed by atoms with Crippen molar-refractivity contribution in [3.63, 3.8) is 0 Å². The molecule has 3 aromatic rings. The lowest BCUT2D eigenvalue weighted by molar-refractivity contribution is -0.133. The van der Waals surface area contributed by atoms with Crippen molar-refractivity contribution in [1.82, 2.24) is 9.47 Å². The van der Waals surface area contributed by atoms with E-state index in [1.807, 2.05) is 36.2 Å². The van der Waals surface area contributed by atoms with Crippen molar-refractivity contribution in [1.29, 1.82) is 0 Å². The zero-order valence-electron chi connectivity index (χ0n) is 15.1. The molecule has 1 fully saturated rings. The van der Waals surface area contributed by atoms with E-state index in [0.29, 0.717) is 19.5 Å². The van der Waals surface area contributed by atoms with Gasteiger partial charge in [-0.05, 0) is 36.6 Å². The Hall–Kier alpha value is -2.53. The number of amides is 1. The Morgan fingerprint density at radius 2 is 2.15 bits per heavy atom. The second kappa shape index (κ2) is 7.38. The number of furan rings is 1. The summed E-state index contributed by atoms with van der Waals surface area (Å²) in [6, 6.07) is 12.0. The summed E-state index contributed by atoms with van der Waals surface area (Å²) in [4.78, 5) is 15.0. The van der Waals surface area contributed by atoms with E-state index < -0.39 is 0 Å². The predicted octanol–water partition coefficient (Wildman–Crippen LogP) is 3.52. The van der Waals surface area contributed by atoms with Gasteiger partial charge in [-0.25, -0.2) is 0 Å². The second-order valence-corrected chi connectivity index (χ2v) is 6.95. The Bertz CT molecular complexity index is 876. The van der Waals surface area contributed by atoms with Crippen LogP contribution in [0.1, 0.15) is 24.2 Å². The molecule has 26 heavy (non-hydrogen) atoms. The summed E-state index contributed by atoms with van der Waals surface area (Å²) >= 11 is 0. The van der Waals surface area contributed by atoms with Gasteiger partial charge in [0.05, 0.1) is 25.3 Å².